The molecule has 37 heavy (non-hydrogen) atoms. The maximum absolute atomic E-state index is 11.1. The topological polar surface area (TPSA) is 185 Å². The molecule has 0 bridgehead atoms. The first-order valence-corrected chi connectivity index (χ1v) is 11.2. The molecule has 0 aromatic heterocycles. The lowest BCUT2D eigenvalue weighted by Crippen LogP contribution is -2.23. The highest BCUT2D eigenvalue weighted by Gasteiger charge is 2.44. The average molecular weight is 520 g/mol. The van der Waals surface area contributed by atoms with Crippen LogP contribution >= 0.6 is 0 Å². The number of rotatable bonds is 11. The van der Waals surface area contributed by atoms with Crippen molar-refractivity contribution in [3.8, 4) is 11.5 Å². The van der Waals surface area contributed by atoms with Crippen molar-refractivity contribution < 1.29 is 38.7 Å². The van der Waals surface area contributed by atoms with Gasteiger partial charge in [-0.15, -0.1) is 0 Å². The van der Waals surface area contributed by atoms with Gasteiger partial charge in [0, 0.05) is 37.7 Å². The Bertz CT molecular complexity index is 1160. The maximum Gasteiger partial charge on any atom is 0.343 e. The summed E-state index contributed by atoms with van der Waals surface area (Å²) in [6.07, 6.45) is 3.44. The minimum absolute atomic E-state index is 0.0122. The van der Waals surface area contributed by atoms with Crippen molar-refractivity contribution in [1.82, 2.24) is 0 Å². The molecule has 0 atom stereocenters. The SMILES string of the molecule is COC(=O)COc1ccc(NC2(OC)CC2)cc1[N+](=O)[O-].COC1(Nc2ccc(O)c([N+](=O)[O-])c2)CC1. The first-order chi connectivity index (χ1) is 17.6. The van der Waals surface area contributed by atoms with Crippen LogP contribution in [-0.4, -0.2) is 60.3 Å². The molecule has 0 saturated heterocycles. The zero-order valence-electron chi connectivity index (χ0n) is 20.5. The molecule has 2 saturated carbocycles. The number of phenols is 1. The molecule has 0 unspecified atom stereocenters. The van der Waals surface area contributed by atoms with Gasteiger partial charge in [-0.05, 0) is 49.9 Å². The van der Waals surface area contributed by atoms with E-state index in [4.69, 9.17) is 14.2 Å². The molecular formula is C23H28N4O10. The third-order valence-corrected chi connectivity index (χ3v) is 5.83. The van der Waals surface area contributed by atoms with Crippen molar-refractivity contribution >= 4 is 28.7 Å². The van der Waals surface area contributed by atoms with Crippen LogP contribution in [0.3, 0.4) is 0 Å². The molecule has 0 spiro atoms. The van der Waals surface area contributed by atoms with Crippen LogP contribution in [0.25, 0.3) is 0 Å². The number of nitrogens with one attached hydrogen (secondary N) is 2. The van der Waals surface area contributed by atoms with E-state index in [9.17, 15) is 30.1 Å². The molecule has 0 amide bonds. The monoisotopic (exact) mass is 520 g/mol. The second kappa shape index (κ2) is 11.3. The number of nitro groups is 2. The lowest BCUT2D eigenvalue weighted by Gasteiger charge is -2.17. The van der Waals surface area contributed by atoms with Crippen LogP contribution in [-0.2, 0) is 19.0 Å². The predicted octanol–water partition coefficient (Wildman–Crippen LogP) is 3.54. The number of phenolic OH excluding ortho intramolecular Hbond substituents is 1. The molecule has 0 heterocycles. The highest BCUT2D eigenvalue weighted by molar-refractivity contribution is 5.71. The van der Waals surface area contributed by atoms with Crippen molar-refractivity contribution in [3.05, 3.63) is 56.6 Å². The quantitative estimate of drug-likeness (QED) is 0.129. The van der Waals surface area contributed by atoms with E-state index in [2.05, 4.69) is 15.4 Å². The van der Waals surface area contributed by atoms with Gasteiger partial charge < -0.3 is 34.7 Å². The van der Waals surface area contributed by atoms with Gasteiger partial charge in [0.15, 0.2) is 18.1 Å². The fourth-order valence-corrected chi connectivity index (χ4v) is 3.32. The van der Waals surface area contributed by atoms with E-state index >= 15 is 0 Å². The van der Waals surface area contributed by atoms with Gasteiger partial charge in [-0.3, -0.25) is 20.2 Å². The largest absolute Gasteiger partial charge is 0.502 e. The normalized spacial score (nSPS) is 15.9. The Morgan fingerprint density at radius 2 is 1.38 bits per heavy atom. The van der Waals surface area contributed by atoms with Crippen LogP contribution in [0.15, 0.2) is 36.4 Å². The minimum atomic E-state index is -0.618. The molecule has 3 N–H and O–H groups in total. The Hall–Kier alpha value is -4.17. The van der Waals surface area contributed by atoms with Gasteiger partial charge in [0.2, 0.25) is 0 Å². The van der Waals surface area contributed by atoms with E-state index in [1.165, 1.54) is 31.4 Å². The number of hydrogen-bond donors (Lipinski definition) is 3. The molecule has 2 aliphatic carbocycles. The van der Waals surface area contributed by atoms with Gasteiger partial charge in [0.25, 0.3) is 0 Å². The van der Waals surface area contributed by atoms with Crippen LogP contribution in [0.2, 0.25) is 0 Å². The minimum Gasteiger partial charge on any atom is -0.502 e. The summed E-state index contributed by atoms with van der Waals surface area (Å²) in [5.41, 5.74) is -0.212. The number of hydrogen-bond acceptors (Lipinski definition) is 12. The Morgan fingerprint density at radius 3 is 1.81 bits per heavy atom. The van der Waals surface area contributed by atoms with E-state index < -0.39 is 21.5 Å². The maximum atomic E-state index is 11.1. The summed E-state index contributed by atoms with van der Waals surface area (Å²) >= 11 is 0. The zero-order chi connectivity index (χ0) is 27.2. The number of benzene rings is 2. The van der Waals surface area contributed by atoms with E-state index in [-0.39, 0.29) is 35.2 Å². The second-order valence-electron chi connectivity index (χ2n) is 8.41. The number of carbonyl (C=O) groups excluding carboxylic acids is 1. The summed E-state index contributed by atoms with van der Waals surface area (Å²) in [6.45, 7) is -0.383. The van der Waals surface area contributed by atoms with Crippen molar-refractivity contribution in [2.45, 2.75) is 37.1 Å². The second-order valence-corrected chi connectivity index (χ2v) is 8.41. The van der Waals surface area contributed by atoms with E-state index in [1.54, 1.807) is 26.4 Å². The van der Waals surface area contributed by atoms with Gasteiger partial charge in [0.05, 0.1) is 17.0 Å². The van der Waals surface area contributed by atoms with E-state index in [1.807, 2.05) is 0 Å². The van der Waals surface area contributed by atoms with Gasteiger partial charge in [-0.1, -0.05) is 0 Å². The molecule has 0 aliphatic heterocycles. The van der Waals surface area contributed by atoms with Crippen LogP contribution in [0.1, 0.15) is 25.7 Å². The van der Waals surface area contributed by atoms with Crippen molar-refractivity contribution in [3.63, 3.8) is 0 Å². The number of nitro benzene ring substituents is 2. The summed E-state index contributed by atoms with van der Waals surface area (Å²) in [5, 5.41) is 37.1. The molecule has 14 heteroatoms. The molecule has 2 fully saturated rings. The van der Waals surface area contributed by atoms with Gasteiger partial charge >= 0.3 is 17.3 Å². The van der Waals surface area contributed by atoms with Crippen molar-refractivity contribution in [2.24, 2.45) is 0 Å². The fraction of sp³-hybridized carbons (Fsp3) is 0.435. The Morgan fingerprint density at radius 1 is 0.892 bits per heavy atom. The summed E-state index contributed by atoms with van der Waals surface area (Å²) in [5.74, 6) is -0.932. The number of nitrogens with zero attached hydrogens (tertiary/aromatic N) is 2. The number of carbonyl (C=O) groups is 1. The number of methoxy groups -OCH3 is 3. The number of ether oxygens (including phenoxy) is 4. The fourth-order valence-electron chi connectivity index (χ4n) is 3.32. The number of anilines is 2. The molecule has 14 nitrogen and oxygen atoms in total. The first kappa shape index (κ1) is 27.4. The first-order valence-electron chi connectivity index (χ1n) is 11.2. The Labute approximate surface area is 211 Å². The Balaban J connectivity index is 0.000000213. The molecule has 2 aromatic rings. The third kappa shape index (κ3) is 7.17. The van der Waals surface area contributed by atoms with E-state index in [0.29, 0.717) is 11.4 Å². The summed E-state index contributed by atoms with van der Waals surface area (Å²) < 4.78 is 20.1. The van der Waals surface area contributed by atoms with E-state index in [0.717, 1.165) is 25.7 Å². The average Bonchev–Trinajstić information content (AvgIpc) is 3.82. The summed E-state index contributed by atoms with van der Waals surface area (Å²) in [6, 6.07) is 8.61. The number of aromatic hydroxyl groups is 1. The summed E-state index contributed by atoms with van der Waals surface area (Å²) in [7, 11) is 4.39. The smallest absolute Gasteiger partial charge is 0.343 e. The third-order valence-electron chi connectivity index (χ3n) is 5.83. The van der Waals surface area contributed by atoms with Crippen LogP contribution in [0.4, 0.5) is 22.7 Å². The van der Waals surface area contributed by atoms with Crippen LogP contribution in [0.5, 0.6) is 11.5 Å². The molecule has 0 radical (unpaired) electrons. The highest BCUT2D eigenvalue weighted by Crippen LogP contribution is 2.42. The standard InChI is InChI=1S/C13H16N2O6.C10H12N2O4/c1-19-12(16)8-21-11-4-3-9(7-10(11)15(17)18)14-13(20-2)5-6-13;1-16-10(4-5-10)11-7-2-3-9(13)8(6-7)12(14)15/h3-4,7,14H,5-6,8H2,1-2H3;2-3,6,11,13H,4-5H2,1H3. The van der Waals surface area contributed by atoms with Gasteiger partial charge in [-0.25, -0.2) is 4.79 Å². The number of esters is 1. The molecular weight excluding hydrogens is 492 g/mol. The lowest BCUT2D eigenvalue weighted by atomic mass is 10.2. The van der Waals surface area contributed by atoms with Crippen LogP contribution in [0, 0.1) is 20.2 Å². The highest BCUT2D eigenvalue weighted by atomic mass is 16.6. The van der Waals surface area contributed by atoms with Crippen molar-refractivity contribution in [2.75, 3.05) is 38.6 Å². The molecule has 2 aliphatic rings. The van der Waals surface area contributed by atoms with Gasteiger partial charge in [0.1, 0.15) is 11.4 Å². The molecule has 200 valence electrons. The predicted molar refractivity (Wildman–Crippen MR) is 131 cm³/mol. The van der Waals surface area contributed by atoms with Crippen molar-refractivity contribution in [1.29, 1.82) is 0 Å². The molecule has 2 aromatic carbocycles. The lowest BCUT2D eigenvalue weighted by molar-refractivity contribution is -0.385. The van der Waals surface area contributed by atoms with Crippen LogP contribution < -0.4 is 15.4 Å². The summed E-state index contributed by atoms with van der Waals surface area (Å²) in [4.78, 5) is 31.5. The van der Waals surface area contributed by atoms with Gasteiger partial charge in [-0.2, -0.15) is 0 Å². The molecule has 4 rings (SSSR count). The zero-order valence-corrected chi connectivity index (χ0v) is 20.5. The Kier molecular flexibility index (Phi) is 8.35.